The van der Waals surface area contributed by atoms with E-state index in [1.165, 1.54) is 12.1 Å². The van der Waals surface area contributed by atoms with Gasteiger partial charge in [0, 0.05) is 20.6 Å². The molecule has 3 aromatic rings. The van der Waals surface area contributed by atoms with Crippen LogP contribution >= 0.6 is 35.0 Å². The monoisotopic (exact) mass is 526 g/mol. The number of rotatable bonds is 7. The lowest BCUT2D eigenvalue weighted by Crippen LogP contribution is -2.32. The summed E-state index contributed by atoms with van der Waals surface area (Å²) in [5.74, 6) is -1.49. The number of carbonyl (C=O) groups excluding carboxylic acids is 3. The van der Waals surface area contributed by atoms with Crippen LogP contribution in [0.1, 0.15) is 24.2 Å². The van der Waals surface area contributed by atoms with Gasteiger partial charge in [-0.05, 0) is 80.6 Å². The van der Waals surface area contributed by atoms with Crippen LogP contribution in [0.5, 0.6) is 0 Å². The molecule has 0 saturated carbocycles. The van der Waals surface area contributed by atoms with E-state index in [-0.39, 0.29) is 16.7 Å². The maximum atomic E-state index is 13.5. The smallest absolute Gasteiger partial charge is 0.338 e. The summed E-state index contributed by atoms with van der Waals surface area (Å²) in [5.41, 5.74) is 1.35. The Morgan fingerprint density at radius 1 is 0.914 bits per heavy atom. The fourth-order valence-corrected chi connectivity index (χ4v) is 4.55. The molecule has 0 aliphatic carbocycles. The van der Waals surface area contributed by atoms with Crippen molar-refractivity contribution in [1.29, 1.82) is 0 Å². The van der Waals surface area contributed by atoms with Gasteiger partial charge in [0.2, 0.25) is 0 Å². The van der Waals surface area contributed by atoms with E-state index in [0.29, 0.717) is 27.0 Å². The second-order valence-corrected chi connectivity index (χ2v) is 9.80. The van der Waals surface area contributed by atoms with Crippen LogP contribution in [0.25, 0.3) is 0 Å². The summed E-state index contributed by atoms with van der Waals surface area (Å²) in [5, 5.41) is 4.10. The van der Waals surface area contributed by atoms with Crippen LogP contribution in [-0.2, 0) is 14.3 Å². The third kappa shape index (κ3) is 5.70. The van der Waals surface area contributed by atoms with Gasteiger partial charge in [0.05, 0.1) is 17.4 Å². The molecule has 6 nitrogen and oxygen atoms in total. The molecule has 35 heavy (non-hydrogen) atoms. The maximum Gasteiger partial charge on any atom is 0.338 e. The van der Waals surface area contributed by atoms with E-state index in [9.17, 15) is 14.4 Å². The number of esters is 1. The highest BCUT2D eigenvalue weighted by atomic mass is 35.5. The third-order valence-electron chi connectivity index (χ3n) is 4.87. The minimum absolute atomic E-state index is 0.125. The Labute approximate surface area is 216 Å². The van der Waals surface area contributed by atoms with Crippen molar-refractivity contribution in [2.75, 3.05) is 10.2 Å². The molecule has 0 radical (unpaired) electrons. The van der Waals surface area contributed by atoms with Gasteiger partial charge in [0.15, 0.2) is 0 Å². The molecule has 9 heteroatoms. The van der Waals surface area contributed by atoms with Gasteiger partial charge in [-0.2, -0.15) is 0 Å². The number of nitrogens with zero attached hydrogens (tertiary/aromatic N) is 1. The summed E-state index contributed by atoms with van der Waals surface area (Å²) in [7, 11) is 0. The van der Waals surface area contributed by atoms with Crippen LogP contribution in [0.15, 0.2) is 88.3 Å². The van der Waals surface area contributed by atoms with E-state index < -0.39 is 17.8 Å². The van der Waals surface area contributed by atoms with Gasteiger partial charge in [-0.1, -0.05) is 41.0 Å². The lowest BCUT2D eigenvalue weighted by atomic mass is 10.2. The Bertz CT molecular complexity index is 1320. The number of carbonyl (C=O) groups is 3. The summed E-state index contributed by atoms with van der Waals surface area (Å²) in [6.45, 7) is 3.52. The molecule has 0 spiro atoms. The van der Waals surface area contributed by atoms with Crippen LogP contribution in [0, 0.1) is 0 Å². The van der Waals surface area contributed by atoms with E-state index in [0.717, 1.165) is 21.6 Å². The molecule has 2 amide bonds. The Kier molecular flexibility index (Phi) is 7.50. The molecule has 1 aliphatic rings. The molecular weight excluding hydrogens is 507 g/mol. The van der Waals surface area contributed by atoms with Gasteiger partial charge in [-0.3, -0.25) is 9.59 Å². The molecule has 0 unspecified atom stereocenters. The fraction of sp³-hybridized carbons (Fsp3) is 0.115. The van der Waals surface area contributed by atoms with Crippen molar-refractivity contribution >= 4 is 64.1 Å². The second kappa shape index (κ2) is 10.6. The highest BCUT2D eigenvalue weighted by Crippen LogP contribution is 2.38. The number of hydrogen-bond donors (Lipinski definition) is 1. The maximum absolute atomic E-state index is 13.5. The predicted molar refractivity (Wildman–Crippen MR) is 139 cm³/mol. The first-order chi connectivity index (χ1) is 16.7. The molecule has 0 bridgehead atoms. The van der Waals surface area contributed by atoms with Crippen molar-refractivity contribution in [3.63, 3.8) is 0 Å². The average Bonchev–Trinajstić information content (AvgIpc) is 3.04. The number of halogens is 2. The van der Waals surface area contributed by atoms with Gasteiger partial charge in [-0.25, -0.2) is 9.69 Å². The minimum Gasteiger partial charge on any atom is -0.459 e. The number of nitrogens with one attached hydrogen (secondary N) is 1. The molecule has 1 heterocycles. The predicted octanol–water partition coefficient (Wildman–Crippen LogP) is 6.55. The van der Waals surface area contributed by atoms with Gasteiger partial charge >= 0.3 is 5.97 Å². The summed E-state index contributed by atoms with van der Waals surface area (Å²) in [6, 6.07) is 20.0. The van der Waals surface area contributed by atoms with E-state index in [1.54, 1.807) is 74.5 Å². The molecule has 0 saturated heterocycles. The Balaban J connectivity index is 1.67. The SMILES string of the molecule is CC(C)OC(=O)c1ccc(N2C(=O)C(Nc3cccc(Cl)c3)=C(Sc3ccc(Cl)cc3)C2=O)cc1. The van der Waals surface area contributed by atoms with Crippen molar-refractivity contribution in [1.82, 2.24) is 0 Å². The number of benzene rings is 3. The molecule has 178 valence electrons. The fourth-order valence-electron chi connectivity index (χ4n) is 3.31. The summed E-state index contributed by atoms with van der Waals surface area (Å²) >= 11 is 13.2. The molecule has 1 N–H and O–H groups in total. The number of hydrogen-bond acceptors (Lipinski definition) is 6. The third-order valence-corrected chi connectivity index (χ3v) is 6.45. The largest absolute Gasteiger partial charge is 0.459 e. The minimum atomic E-state index is -0.524. The topological polar surface area (TPSA) is 75.7 Å². The van der Waals surface area contributed by atoms with Crippen LogP contribution < -0.4 is 10.2 Å². The van der Waals surface area contributed by atoms with Crippen LogP contribution in [0.3, 0.4) is 0 Å². The van der Waals surface area contributed by atoms with E-state index in [4.69, 9.17) is 27.9 Å². The van der Waals surface area contributed by atoms with Gasteiger partial charge in [-0.15, -0.1) is 0 Å². The van der Waals surface area contributed by atoms with E-state index in [2.05, 4.69) is 5.32 Å². The van der Waals surface area contributed by atoms with E-state index in [1.807, 2.05) is 0 Å². The highest BCUT2D eigenvalue weighted by Gasteiger charge is 2.40. The molecule has 0 aromatic heterocycles. The lowest BCUT2D eigenvalue weighted by Gasteiger charge is -2.16. The standard InChI is InChI=1S/C26H20Cl2N2O4S/c1-15(2)34-26(33)16-6-10-20(11-7-16)30-24(31)22(29-19-5-3-4-18(28)14-19)23(25(30)32)35-21-12-8-17(27)9-13-21/h3-15,29H,1-2H3. The molecule has 0 atom stereocenters. The highest BCUT2D eigenvalue weighted by molar-refractivity contribution is 8.04. The number of thioether (sulfide) groups is 1. The first kappa shape index (κ1) is 24.9. The zero-order chi connectivity index (χ0) is 25.1. The van der Waals surface area contributed by atoms with Gasteiger partial charge in [0.1, 0.15) is 10.6 Å². The number of imide groups is 1. The van der Waals surface area contributed by atoms with Gasteiger partial charge < -0.3 is 10.1 Å². The van der Waals surface area contributed by atoms with Crippen LogP contribution in [-0.4, -0.2) is 23.9 Å². The molecule has 0 fully saturated rings. The summed E-state index contributed by atoms with van der Waals surface area (Å²) in [6.07, 6.45) is -0.263. The Morgan fingerprint density at radius 2 is 1.60 bits per heavy atom. The van der Waals surface area contributed by atoms with E-state index >= 15 is 0 Å². The van der Waals surface area contributed by atoms with Crippen LogP contribution in [0.4, 0.5) is 11.4 Å². The second-order valence-electron chi connectivity index (χ2n) is 7.84. The molecule has 3 aromatic carbocycles. The van der Waals surface area contributed by atoms with Crippen LogP contribution in [0.2, 0.25) is 10.0 Å². The molecular formula is C26H20Cl2N2O4S. The van der Waals surface area contributed by atoms with Crippen molar-refractivity contribution < 1.29 is 19.1 Å². The first-order valence-corrected chi connectivity index (χ1v) is 12.2. The summed E-state index contributed by atoms with van der Waals surface area (Å²) < 4.78 is 5.20. The van der Waals surface area contributed by atoms with Crippen molar-refractivity contribution in [3.05, 3.63) is 99.0 Å². The normalized spacial score (nSPS) is 13.6. The zero-order valence-corrected chi connectivity index (χ0v) is 21.1. The lowest BCUT2D eigenvalue weighted by molar-refractivity contribution is -0.120. The summed E-state index contributed by atoms with van der Waals surface area (Å²) in [4.78, 5) is 41.1. The number of ether oxygens (including phenoxy) is 1. The van der Waals surface area contributed by atoms with Crippen molar-refractivity contribution in [2.45, 2.75) is 24.8 Å². The quantitative estimate of drug-likeness (QED) is 0.278. The van der Waals surface area contributed by atoms with Crippen molar-refractivity contribution in [3.8, 4) is 0 Å². The van der Waals surface area contributed by atoms with Crippen molar-refractivity contribution in [2.24, 2.45) is 0 Å². The molecule has 4 rings (SSSR count). The first-order valence-electron chi connectivity index (χ1n) is 10.6. The average molecular weight is 527 g/mol. The Morgan fingerprint density at radius 3 is 2.23 bits per heavy atom. The zero-order valence-electron chi connectivity index (χ0n) is 18.7. The van der Waals surface area contributed by atoms with Gasteiger partial charge in [0.25, 0.3) is 11.8 Å². The Hall–Kier alpha value is -3.26. The molecule has 1 aliphatic heterocycles. The number of amides is 2. The number of anilines is 2.